The molecule has 0 aromatic heterocycles. The Kier molecular flexibility index (Phi) is 5.26. The van der Waals surface area contributed by atoms with E-state index in [1.165, 1.54) is 51.4 Å². The second kappa shape index (κ2) is 7.17. The average Bonchev–Trinajstić information content (AvgIpc) is 2.98. The highest BCUT2D eigenvalue weighted by Crippen LogP contribution is 2.65. The molecule has 9 atom stereocenters. The maximum Gasteiger partial charge on any atom is 0.0459 e. The van der Waals surface area contributed by atoms with E-state index in [1.807, 2.05) is 0 Å². The molecular formula is C24H42O. The van der Waals surface area contributed by atoms with Gasteiger partial charge in [-0.05, 0) is 104 Å². The fourth-order valence-electron chi connectivity index (χ4n) is 8.72. The molecule has 4 aliphatic rings. The van der Waals surface area contributed by atoms with Crippen molar-refractivity contribution in [1.29, 1.82) is 0 Å². The SMILES string of the molecule is CCCC1CCC2C(CCC3C2CCC2(C)C(C(C)CO)CCC32)C1. The number of aliphatic hydroxyl groups excluding tert-OH is 1. The minimum atomic E-state index is 0.393. The summed E-state index contributed by atoms with van der Waals surface area (Å²) in [5.74, 6) is 7.54. The fraction of sp³-hybridized carbons (Fsp3) is 1.00. The first kappa shape index (κ1) is 18.3. The molecule has 4 aliphatic carbocycles. The van der Waals surface area contributed by atoms with Gasteiger partial charge in [-0.15, -0.1) is 0 Å². The van der Waals surface area contributed by atoms with Crippen molar-refractivity contribution in [3.63, 3.8) is 0 Å². The van der Waals surface area contributed by atoms with Crippen LogP contribution in [0.25, 0.3) is 0 Å². The highest BCUT2D eigenvalue weighted by atomic mass is 16.3. The van der Waals surface area contributed by atoms with Gasteiger partial charge < -0.3 is 5.11 Å². The second-order valence-corrected chi connectivity index (χ2v) is 10.8. The third kappa shape index (κ3) is 3.01. The van der Waals surface area contributed by atoms with Crippen molar-refractivity contribution in [3.8, 4) is 0 Å². The van der Waals surface area contributed by atoms with Gasteiger partial charge in [0.05, 0.1) is 0 Å². The largest absolute Gasteiger partial charge is 0.396 e. The molecule has 1 nitrogen and oxygen atoms in total. The maximum atomic E-state index is 9.76. The van der Waals surface area contributed by atoms with Gasteiger partial charge in [-0.1, -0.05) is 40.0 Å². The second-order valence-electron chi connectivity index (χ2n) is 10.8. The summed E-state index contributed by atoms with van der Waals surface area (Å²) in [6, 6.07) is 0. The maximum absolute atomic E-state index is 9.76. The Morgan fingerprint density at radius 2 is 1.76 bits per heavy atom. The lowest BCUT2D eigenvalue weighted by atomic mass is 9.48. The van der Waals surface area contributed by atoms with Gasteiger partial charge in [0.15, 0.2) is 0 Å². The Hall–Kier alpha value is -0.0400. The third-order valence-corrected chi connectivity index (χ3v) is 9.81. The third-order valence-electron chi connectivity index (χ3n) is 9.81. The zero-order valence-corrected chi connectivity index (χ0v) is 17.1. The molecule has 0 aromatic carbocycles. The van der Waals surface area contributed by atoms with Gasteiger partial charge in [0.1, 0.15) is 0 Å². The Morgan fingerprint density at radius 1 is 0.960 bits per heavy atom. The van der Waals surface area contributed by atoms with Crippen molar-refractivity contribution in [2.24, 2.45) is 52.8 Å². The summed E-state index contributed by atoms with van der Waals surface area (Å²) in [7, 11) is 0. The predicted molar refractivity (Wildman–Crippen MR) is 105 cm³/mol. The summed E-state index contributed by atoms with van der Waals surface area (Å²) >= 11 is 0. The number of hydrogen-bond acceptors (Lipinski definition) is 1. The molecule has 0 aromatic rings. The van der Waals surface area contributed by atoms with E-state index in [0.717, 1.165) is 41.4 Å². The quantitative estimate of drug-likeness (QED) is 0.633. The number of fused-ring (bicyclic) bond motifs is 5. The lowest BCUT2D eigenvalue weighted by Crippen LogP contribution is -2.49. The standard InChI is InChI=1S/C24H42O/c1-4-5-17-6-8-19-18(14-17)7-9-21-20(19)12-13-24(3)22(16(2)15-25)10-11-23(21)24/h16-23,25H,4-15H2,1-3H3. The van der Waals surface area contributed by atoms with Crippen molar-refractivity contribution in [1.82, 2.24) is 0 Å². The normalized spacial score (nSPS) is 50.6. The van der Waals surface area contributed by atoms with Gasteiger partial charge in [0, 0.05) is 6.61 Å². The monoisotopic (exact) mass is 346 g/mol. The van der Waals surface area contributed by atoms with Gasteiger partial charge in [0.25, 0.3) is 0 Å². The van der Waals surface area contributed by atoms with E-state index < -0.39 is 0 Å². The molecule has 0 bridgehead atoms. The Balaban J connectivity index is 1.48. The molecule has 0 saturated heterocycles. The lowest BCUT2D eigenvalue weighted by Gasteiger charge is -2.57. The molecule has 0 radical (unpaired) electrons. The van der Waals surface area contributed by atoms with Crippen LogP contribution in [0.5, 0.6) is 0 Å². The van der Waals surface area contributed by atoms with E-state index in [4.69, 9.17) is 0 Å². The number of rotatable bonds is 4. The summed E-state index contributed by atoms with van der Waals surface area (Å²) in [6.45, 7) is 7.68. The van der Waals surface area contributed by atoms with Gasteiger partial charge in [-0.2, -0.15) is 0 Å². The first-order valence-corrected chi connectivity index (χ1v) is 11.7. The smallest absolute Gasteiger partial charge is 0.0459 e. The average molecular weight is 347 g/mol. The van der Waals surface area contributed by atoms with Gasteiger partial charge in [-0.3, -0.25) is 0 Å². The first-order valence-electron chi connectivity index (χ1n) is 11.7. The highest BCUT2D eigenvalue weighted by molar-refractivity contribution is 5.06. The molecule has 25 heavy (non-hydrogen) atoms. The van der Waals surface area contributed by atoms with Gasteiger partial charge >= 0.3 is 0 Å². The summed E-state index contributed by atoms with van der Waals surface area (Å²) in [5.41, 5.74) is 0.537. The zero-order chi connectivity index (χ0) is 17.6. The topological polar surface area (TPSA) is 20.2 Å². The van der Waals surface area contributed by atoms with Crippen LogP contribution in [0.1, 0.15) is 91.4 Å². The fourth-order valence-corrected chi connectivity index (χ4v) is 8.72. The van der Waals surface area contributed by atoms with Crippen LogP contribution in [0, 0.1) is 52.8 Å². The summed E-state index contributed by atoms with van der Waals surface area (Å²) in [5, 5.41) is 9.76. The van der Waals surface area contributed by atoms with Crippen LogP contribution in [-0.2, 0) is 0 Å². The number of aliphatic hydroxyl groups is 1. The van der Waals surface area contributed by atoms with Crippen LogP contribution in [0.3, 0.4) is 0 Å². The van der Waals surface area contributed by atoms with Crippen LogP contribution in [-0.4, -0.2) is 11.7 Å². The van der Waals surface area contributed by atoms with Crippen molar-refractivity contribution >= 4 is 0 Å². The first-order chi connectivity index (χ1) is 12.1. The predicted octanol–water partition coefficient (Wildman–Crippen LogP) is 6.30. The van der Waals surface area contributed by atoms with Crippen molar-refractivity contribution in [2.45, 2.75) is 91.4 Å². The molecule has 1 N–H and O–H groups in total. The Labute approximate surface area is 156 Å². The molecule has 9 unspecified atom stereocenters. The minimum Gasteiger partial charge on any atom is -0.396 e. The van der Waals surface area contributed by atoms with Crippen molar-refractivity contribution in [2.75, 3.05) is 6.61 Å². The van der Waals surface area contributed by atoms with E-state index >= 15 is 0 Å². The molecular weight excluding hydrogens is 304 g/mol. The van der Waals surface area contributed by atoms with Crippen LogP contribution in [0.2, 0.25) is 0 Å². The van der Waals surface area contributed by atoms with E-state index in [0.29, 0.717) is 17.9 Å². The van der Waals surface area contributed by atoms with E-state index in [2.05, 4.69) is 20.8 Å². The van der Waals surface area contributed by atoms with E-state index in [1.54, 1.807) is 19.3 Å². The Bertz CT molecular complexity index is 459. The zero-order valence-electron chi connectivity index (χ0n) is 17.1. The van der Waals surface area contributed by atoms with E-state index in [9.17, 15) is 5.11 Å². The van der Waals surface area contributed by atoms with Gasteiger partial charge in [-0.25, -0.2) is 0 Å². The van der Waals surface area contributed by atoms with Crippen molar-refractivity contribution in [3.05, 3.63) is 0 Å². The highest BCUT2D eigenvalue weighted by Gasteiger charge is 2.57. The summed E-state index contributed by atoms with van der Waals surface area (Å²) in [4.78, 5) is 0. The van der Waals surface area contributed by atoms with E-state index in [-0.39, 0.29) is 0 Å². The molecule has 0 spiro atoms. The molecule has 144 valence electrons. The van der Waals surface area contributed by atoms with Crippen LogP contribution in [0.4, 0.5) is 0 Å². The molecule has 4 fully saturated rings. The Morgan fingerprint density at radius 3 is 2.52 bits per heavy atom. The van der Waals surface area contributed by atoms with Crippen molar-refractivity contribution < 1.29 is 5.11 Å². The molecule has 1 heteroatoms. The number of hydrogen-bond donors (Lipinski definition) is 1. The minimum absolute atomic E-state index is 0.393. The molecule has 4 rings (SSSR count). The van der Waals surface area contributed by atoms with Gasteiger partial charge in [0.2, 0.25) is 0 Å². The van der Waals surface area contributed by atoms with Crippen LogP contribution in [0.15, 0.2) is 0 Å². The summed E-state index contributed by atoms with van der Waals surface area (Å²) in [6.07, 6.45) is 16.4. The molecule has 0 heterocycles. The lowest BCUT2D eigenvalue weighted by molar-refractivity contribution is -0.0764. The summed E-state index contributed by atoms with van der Waals surface area (Å²) < 4.78 is 0. The van der Waals surface area contributed by atoms with Crippen LogP contribution < -0.4 is 0 Å². The van der Waals surface area contributed by atoms with Crippen LogP contribution >= 0.6 is 0 Å². The molecule has 4 saturated carbocycles. The molecule has 0 amide bonds. The molecule has 0 aliphatic heterocycles.